The van der Waals surface area contributed by atoms with Crippen LogP contribution in [0, 0.1) is 13.8 Å². The molecule has 10 heteroatoms. The van der Waals surface area contributed by atoms with E-state index >= 15 is 0 Å². The molecule has 1 aliphatic rings. The van der Waals surface area contributed by atoms with E-state index < -0.39 is 0 Å². The summed E-state index contributed by atoms with van der Waals surface area (Å²) in [6.07, 6.45) is 0.259. The van der Waals surface area contributed by atoms with Crippen LogP contribution in [0.15, 0.2) is 16.3 Å². The Morgan fingerprint density at radius 3 is 2.64 bits per heavy atom. The van der Waals surface area contributed by atoms with Crippen molar-refractivity contribution >= 4 is 29.3 Å². The van der Waals surface area contributed by atoms with Crippen LogP contribution >= 0.6 is 11.8 Å². The second-order valence-electron chi connectivity index (χ2n) is 4.87. The molecule has 0 saturated heterocycles. The maximum atomic E-state index is 12.1. The number of nitrogens with zero attached hydrogens (tertiary/aromatic N) is 8. The molecule has 0 bridgehead atoms. The third-order valence-electron chi connectivity index (χ3n) is 2.94. The molecule has 0 unspecified atom stereocenters. The maximum Gasteiger partial charge on any atom is 0.255 e. The Labute approximate surface area is 130 Å². The van der Waals surface area contributed by atoms with Gasteiger partial charge in [0, 0.05) is 24.2 Å². The summed E-state index contributed by atoms with van der Waals surface area (Å²) >= 11 is 1.43. The Balaban J connectivity index is 1.75. The minimum atomic E-state index is -0.128. The van der Waals surface area contributed by atoms with Crippen molar-refractivity contribution in [2.75, 3.05) is 10.8 Å². The Morgan fingerprint density at radius 2 is 2.00 bits per heavy atom. The summed E-state index contributed by atoms with van der Waals surface area (Å²) in [5.41, 5.74) is 2.36. The van der Waals surface area contributed by atoms with E-state index in [9.17, 15) is 4.79 Å². The standard InChI is InChI=1S/C12H14N8OS/c1-7-4-8(2)14-11(13-7)20-10(21)5-9(16-20)6-22-12-15-17-18-19(12)3/h4H,5-6H2,1-3H3. The summed E-state index contributed by atoms with van der Waals surface area (Å²) in [7, 11) is 1.76. The first-order chi connectivity index (χ1) is 10.5. The molecule has 3 heterocycles. The Bertz CT molecular complexity index is 735. The highest BCUT2D eigenvalue weighted by Crippen LogP contribution is 2.21. The number of aromatic nitrogens is 6. The fourth-order valence-electron chi connectivity index (χ4n) is 2.01. The summed E-state index contributed by atoms with van der Waals surface area (Å²) in [6.45, 7) is 3.72. The van der Waals surface area contributed by atoms with Gasteiger partial charge in [0.15, 0.2) is 0 Å². The van der Waals surface area contributed by atoms with Crippen molar-refractivity contribution in [3.63, 3.8) is 0 Å². The number of carbonyl (C=O) groups excluding carboxylic acids is 1. The van der Waals surface area contributed by atoms with E-state index in [1.807, 2.05) is 19.9 Å². The fraction of sp³-hybridized carbons (Fsp3) is 0.417. The number of hydrazone groups is 1. The van der Waals surface area contributed by atoms with Crippen LogP contribution in [-0.2, 0) is 11.8 Å². The molecule has 22 heavy (non-hydrogen) atoms. The lowest BCUT2D eigenvalue weighted by Crippen LogP contribution is -2.22. The first-order valence-electron chi connectivity index (χ1n) is 6.59. The van der Waals surface area contributed by atoms with E-state index in [0.29, 0.717) is 16.9 Å². The predicted molar refractivity (Wildman–Crippen MR) is 80.6 cm³/mol. The lowest BCUT2D eigenvalue weighted by molar-refractivity contribution is -0.117. The van der Waals surface area contributed by atoms with E-state index in [1.54, 1.807) is 11.7 Å². The number of carbonyl (C=O) groups is 1. The monoisotopic (exact) mass is 318 g/mol. The van der Waals surface area contributed by atoms with E-state index in [4.69, 9.17) is 0 Å². The molecule has 0 aromatic carbocycles. The van der Waals surface area contributed by atoms with Crippen LogP contribution in [0.2, 0.25) is 0 Å². The first-order valence-corrected chi connectivity index (χ1v) is 7.58. The first kappa shape index (κ1) is 14.6. The Hall–Kier alpha value is -2.36. The molecule has 0 saturated carbocycles. The minimum Gasteiger partial charge on any atom is -0.272 e. The van der Waals surface area contributed by atoms with E-state index in [2.05, 4.69) is 30.6 Å². The molecular formula is C12H14N8OS. The topological polar surface area (TPSA) is 102 Å². The molecule has 3 rings (SSSR count). The number of thioether (sulfide) groups is 1. The molecule has 0 N–H and O–H groups in total. The number of tetrazole rings is 1. The molecule has 114 valence electrons. The van der Waals surface area contributed by atoms with Gasteiger partial charge >= 0.3 is 0 Å². The maximum absolute atomic E-state index is 12.1. The van der Waals surface area contributed by atoms with E-state index in [1.165, 1.54) is 16.8 Å². The lowest BCUT2D eigenvalue weighted by atomic mass is 10.3. The van der Waals surface area contributed by atoms with Gasteiger partial charge in [0.05, 0.1) is 12.1 Å². The summed E-state index contributed by atoms with van der Waals surface area (Å²) in [4.78, 5) is 20.6. The quantitative estimate of drug-likeness (QED) is 0.756. The minimum absolute atomic E-state index is 0.128. The third kappa shape index (κ3) is 2.96. The van der Waals surface area contributed by atoms with Gasteiger partial charge in [0.1, 0.15) is 0 Å². The zero-order valence-corrected chi connectivity index (χ0v) is 13.2. The molecule has 2 aromatic heterocycles. The van der Waals surface area contributed by atoms with Crippen LogP contribution in [0.5, 0.6) is 0 Å². The number of aryl methyl sites for hydroxylation is 3. The molecule has 0 atom stereocenters. The van der Waals surface area contributed by atoms with Crippen LogP contribution in [-0.4, -0.2) is 47.5 Å². The Morgan fingerprint density at radius 1 is 1.27 bits per heavy atom. The summed E-state index contributed by atoms with van der Waals surface area (Å²) in [6, 6.07) is 1.85. The Kier molecular flexibility index (Phi) is 3.84. The van der Waals surface area contributed by atoms with E-state index in [0.717, 1.165) is 17.1 Å². The number of rotatable bonds is 4. The van der Waals surface area contributed by atoms with Gasteiger partial charge in [-0.3, -0.25) is 4.79 Å². The van der Waals surface area contributed by atoms with Crippen LogP contribution in [0.25, 0.3) is 0 Å². The van der Waals surface area contributed by atoms with Crippen molar-refractivity contribution in [2.45, 2.75) is 25.4 Å². The molecule has 1 amide bonds. The van der Waals surface area contributed by atoms with Gasteiger partial charge in [-0.1, -0.05) is 11.8 Å². The van der Waals surface area contributed by atoms with Gasteiger partial charge in [-0.2, -0.15) is 10.1 Å². The largest absolute Gasteiger partial charge is 0.272 e. The van der Waals surface area contributed by atoms with E-state index in [-0.39, 0.29) is 12.3 Å². The summed E-state index contributed by atoms with van der Waals surface area (Å²) < 4.78 is 1.58. The predicted octanol–water partition coefficient (Wildman–Crippen LogP) is 0.502. The molecule has 1 aliphatic heterocycles. The highest BCUT2D eigenvalue weighted by atomic mass is 32.2. The highest BCUT2D eigenvalue weighted by Gasteiger charge is 2.27. The van der Waals surface area contributed by atoms with Crippen molar-refractivity contribution in [1.29, 1.82) is 0 Å². The molecule has 0 aliphatic carbocycles. The zero-order valence-electron chi connectivity index (χ0n) is 12.4. The van der Waals surface area contributed by atoms with Crippen molar-refractivity contribution in [3.8, 4) is 0 Å². The molecule has 0 fully saturated rings. The highest BCUT2D eigenvalue weighted by molar-refractivity contribution is 7.99. The second kappa shape index (κ2) is 5.79. The second-order valence-corrected chi connectivity index (χ2v) is 5.82. The van der Waals surface area contributed by atoms with Crippen LogP contribution < -0.4 is 5.01 Å². The summed E-state index contributed by atoms with van der Waals surface area (Å²) in [5, 5.41) is 17.5. The average Bonchev–Trinajstić information content (AvgIpc) is 3.01. The fourth-order valence-corrected chi connectivity index (χ4v) is 2.78. The van der Waals surface area contributed by atoms with Gasteiger partial charge in [0.2, 0.25) is 5.16 Å². The van der Waals surface area contributed by atoms with Crippen molar-refractivity contribution in [3.05, 3.63) is 17.5 Å². The van der Waals surface area contributed by atoms with Gasteiger partial charge in [-0.05, 0) is 30.3 Å². The SMILES string of the molecule is Cc1cc(C)nc(N2N=C(CSc3nnnn3C)CC2=O)n1. The van der Waals surface area contributed by atoms with Crippen molar-refractivity contribution < 1.29 is 4.79 Å². The normalized spacial score (nSPS) is 14.6. The molecule has 9 nitrogen and oxygen atoms in total. The van der Waals surface area contributed by atoms with Crippen LogP contribution in [0.4, 0.5) is 5.95 Å². The van der Waals surface area contributed by atoms with Crippen molar-refractivity contribution in [1.82, 2.24) is 30.2 Å². The summed E-state index contributed by atoms with van der Waals surface area (Å²) in [5.74, 6) is 0.737. The van der Waals surface area contributed by atoms with Crippen LogP contribution in [0.3, 0.4) is 0 Å². The van der Waals surface area contributed by atoms with Gasteiger partial charge in [-0.25, -0.2) is 14.6 Å². The smallest absolute Gasteiger partial charge is 0.255 e. The van der Waals surface area contributed by atoms with Crippen LogP contribution in [0.1, 0.15) is 17.8 Å². The number of hydrogen-bond donors (Lipinski definition) is 0. The molecule has 0 radical (unpaired) electrons. The molecule has 0 spiro atoms. The van der Waals surface area contributed by atoms with Gasteiger partial charge in [-0.15, -0.1) is 5.10 Å². The van der Waals surface area contributed by atoms with Gasteiger partial charge < -0.3 is 0 Å². The lowest BCUT2D eigenvalue weighted by Gasteiger charge is -2.10. The zero-order chi connectivity index (χ0) is 15.7. The van der Waals surface area contributed by atoms with Crippen molar-refractivity contribution in [2.24, 2.45) is 12.1 Å². The number of anilines is 1. The van der Waals surface area contributed by atoms with Gasteiger partial charge in [0.25, 0.3) is 11.9 Å². The third-order valence-corrected chi connectivity index (χ3v) is 4.02. The number of hydrogen-bond acceptors (Lipinski definition) is 8. The number of amides is 1. The average molecular weight is 318 g/mol. The molecular weight excluding hydrogens is 304 g/mol. The molecule has 2 aromatic rings.